The molecule has 0 amide bonds. The van der Waals surface area contributed by atoms with Crippen LogP contribution in [0.3, 0.4) is 0 Å². The first-order chi connectivity index (χ1) is 9.31. The Morgan fingerprint density at radius 2 is 2.00 bits per heavy atom. The lowest BCUT2D eigenvalue weighted by molar-refractivity contribution is -0.168. The van der Waals surface area contributed by atoms with Crippen molar-refractivity contribution in [3.8, 4) is 0 Å². The number of halogens is 6. The van der Waals surface area contributed by atoms with Gasteiger partial charge in [0.2, 0.25) is 0 Å². The molecule has 0 atom stereocenters. The summed E-state index contributed by atoms with van der Waals surface area (Å²) in [6.45, 7) is -1.78. The summed E-state index contributed by atoms with van der Waals surface area (Å²) in [4.78, 5) is 8.02. The number of alkyl halides is 4. The molecule has 0 spiro atoms. The molecule has 0 saturated heterocycles. The van der Waals surface area contributed by atoms with Crippen LogP contribution in [0.25, 0.3) is 0 Å². The topological polar surface area (TPSA) is 35.0 Å². The maximum absolute atomic E-state index is 12.7. The zero-order chi connectivity index (χ0) is 14.9. The summed E-state index contributed by atoms with van der Waals surface area (Å²) in [6, 6.07) is 0. The molecule has 3 nitrogen and oxygen atoms in total. The van der Waals surface area contributed by atoms with Crippen molar-refractivity contribution in [1.29, 1.82) is 0 Å². The summed E-state index contributed by atoms with van der Waals surface area (Å²) < 4.78 is 54.4. The van der Waals surface area contributed by atoms with Gasteiger partial charge in [0.15, 0.2) is 5.82 Å². The van der Waals surface area contributed by atoms with Crippen molar-refractivity contribution < 1.29 is 22.3 Å². The molecular weight excluding hydrogens is 367 g/mol. The molecule has 0 bridgehead atoms. The van der Waals surface area contributed by atoms with Crippen LogP contribution in [0.1, 0.15) is 30.3 Å². The third-order valence-electron chi connectivity index (χ3n) is 2.69. The molecule has 1 aromatic rings. The summed E-state index contributed by atoms with van der Waals surface area (Å²) in [5.41, 5.74) is 0.698. The van der Waals surface area contributed by atoms with Gasteiger partial charge in [0.05, 0.1) is 10.2 Å². The Labute approximate surface area is 125 Å². The van der Waals surface area contributed by atoms with Crippen molar-refractivity contribution in [2.24, 2.45) is 0 Å². The predicted molar refractivity (Wildman–Crippen MR) is 67.3 cm³/mol. The minimum Gasteiger partial charge on any atom is -0.367 e. The van der Waals surface area contributed by atoms with Crippen molar-refractivity contribution in [2.75, 3.05) is 6.61 Å². The number of hydrogen-bond donors (Lipinski definition) is 0. The van der Waals surface area contributed by atoms with Gasteiger partial charge in [0, 0.05) is 5.92 Å². The van der Waals surface area contributed by atoms with Crippen LogP contribution in [-0.4, -0.2) is 28.9 Å². The van der Waals surface area contributed by atoms with Crippen LogP contribution in [0.4, 0.5) is 17.6 Å². The highest BCUT2D eigenvalue weighted by Crippen LogP contribution is 2.43. The van der Waals surface area contributed by atoms with Crippen molar-refractivity contribution in [1.82, 2.24) is 9.97 Å². The van der Waals surface area contributed by atoms with Gasteiger partial charge in [0.25, 0.3) is 0 Å². The third-order valence-corrected chi connectivity index (χ3v) is 3.98. The molecule has 112 valence electrons. The predicted octanol–water partition coefficient (Wildman–Crippen LogP) is 4.19. The first-order valence-electron chi connectivity index (χ1n) is 5.77. The van der Waals surface area contributed by atoms with E-state index in [1.807, 2.05) is 0 Å². The highest BCUT2D eigenvalue weighted by Gasteiger charge is 2.41. The summed E-state index contributed by atoms with van der Waals surface area (Å²) in [5, 5.41) is 0.154. The highest BCUT2D eigenvalue weighted by molar-refractivity contribution is 9.10. The molecule has 1 heterocycles. The fourth-order valence-corrected chi connectivity index (χ4v) is 2.21. The molecule has 1 saturated carbocycles. The molecule has 2 rings (SSSR count). The average molecular weight is 378 g/mol. The van der Waals surface area contributed by atoms with E-state index in [2.05, 4.69) is 30.6 Å². The van der Waals surface area contributed by atoms with Crippen LogP contribution in [0.2, 0.25) is 5.15 Å². The first-order valence-corrected chi connectivity index (χ1v) is 6.94. The van der Waals surface area contributed by atoms with Gasteiger partial charge in [-0.25, -0.2) is 18.7 Å². The molecule has 0 aliphatic heterocycles. The van der Waals surface area contributed by atoms with Crippen molar-refractivity contribution in [2.45, 2.75) is 37.7 Å². The lowest BCUT2D eigenvalue weighted by Crippen LogP contribution is -2.32. The number of aromatic nitrogens is 2. The minimum absolute atomic E-state index is 0.102. The van der Waals surface area contributed by atoms with E-state index in [-0.39, 0.29) is 16.9 Å². The molecular formula is C11H10BrClF4N2O. The van der Waals surface area contributed by atoms with Crippen LogP contribution < -0.4 is 0 Å². The van der Waals surface area contributed by atoms with E-state index in [0.717, 1.165) is 12.8 Å². The fraction of sp³-hybridized carbons (Fsp3) is 0.636. The van der Waals surface area contributed by atoms with E-state index in [1.54, 1.807) is 0 Å². The molecule has 1 fully saturated rings. The summed E-state index contributed by atoms with van der Waals surface area (Å²) in [5.74, 6) is -3.81. The van der Waals surface area contributed by atoms with Gasteiger partial charge in [-0.15, -0.1) is 0 Å². The smallest absolute Gasteiger partial charge is 0.330 e. The van der Waals surface area contributed by atoms with Gasteiger partial charge in [-0.05, 0) is 28.8 Å². The maximum Gasteiger partial charge on any atom is 0.330 e. The van der Waals surface area contributed by atoms with Crippen LogP contribution in [0, 0.1) is 0 Å². The van der Waals surface area contributed by atoms with Crippen LogP contribution in [0.15, 0.2) is 4.47 Å². The van der Waals surface area contributed by atoms with Crippen LogP contribution in [0.5, 0.6) is 0 Å². The average Bonchev–Trinajstić information content (AvgIpc) is 3.17. The van der Waals surface area contributed by atoms with Gasteiger partial charge in [-0.1, -0.05) is 11.6 Å². The van der Waals surface area contributed by atoms with Crippen molar-refractivity contribution >= 4 is 27.5 Å². The molecule has 20 heavy (non-hydrogen) atoms. The summed E-state index contributed by atoms with van der Waals surface area (Å²) >= 11 is 9.15. The van der Waals surface area contributed by atoms with Crippen LogP contribution in [-0.2, 0) is 11.3 Å². The molecule has 0 unspecified atom stereocenters. The fourth-order valence-electron chi connectivity index (χ4n) is 1.51. The molecule has 1 aliphatic rings. The number of rotatable bonds is 6. The molecule has 0 N–H and O–H groups in total. The number of ether oxygens (including phenoxy) is 1. The normalized spacial score (nSPS) is 15.9. The Hall–Kier alpha value is -0.470. The number of nitrogens with zero attached hydrogens (tertiary/aromatic N) is 2. The zero-order valence-electron chi connectivity index (χ0n) is 10.1. The van der Waals surface area contributed by atoms with Crippen LogP contribution >= 0.6 is 27.5 Å². The van der Waals surface area contributed by atoms with Gasteiger partial charge < -0.3 is 4.74 Å². The third kappa shape index (κ3) is 3.79. The van der Waals surface area contributed by atoms with E-state index < -0.39 is 25.6 Å². The molecule has 0 aromatic carbocycles. The van der Waals surface area contributed by atoms with E-state index >= 15 is 0 Å². The second-order valence-electron chi connectivity index (χ2n) is 4.46. The second-order valence-corrected chi connectivity index (χ2v) is 5.61. The van der Waals surface area contributed by atoms with Gasteiger partial charge >= 0.3 is 12.3 Å². The lowest BCUT2D eigenvalue weighted by Gasteiger charge is -2.15. The Kier molecular flexibility index (Phi) is 4.86. The SMILES string of the molecule is FC(F)C(F)(F)COCc1nc(Cl)c(Br)c(C2CC2)n1. The zero-order valence-corrected chi connectivity index (χ0v) is 12.4. The monoisotopic (exact) mass is 376 g/mol. The van der Waals surface area contributed by atoms with Gasteiger partial charge in [0.1, 0.15) is 18.4 Å². The Morgan fingerprint density at radius 3 is 2.55 bits per heavy atom. The second kappa shape index (κ2) is 6.11. The molecule has 1 aliphatic carbocycles. The largest absolute Gasteiger partial charge is 0.367 e. The van der Waals surface area contributed by atoms with Gasteiger partial charge in [-0.2, -0.15) is 8.78 Å². The van der Waals surface area contributed by atoms with E-state index in [1.165, 1.54) is 0 Å². The Bertz CT molecular complexity index is 500. The first kappa shape index (κ1) is 15.9. The summed E-state index contributed by atoms with van der Waals surface area (Å²) in [6.07, 6.45) is -1.83. The van der Waals surface area contributed by atoms with Crippen molar-refractivity contribution in [3.05, 3.63) is 21.1 Å². The van der Waals surface area contributed by atoms with Crippen molar-refractivity contribution in [3.63, 3.8) is 0 Å². The minimum atomic E-state index is -4.18. The molecule has 0 radical (unpaired) electrons. The van der Waals surface area contributed by atoms with E-state index in [9.17, 15) is 17.6 Å². The lowest BCUT2D eigenvalue weighted by atomic mass is 10.3. The van der Waals surface area contributed by atoms with E-state index in [4.69, 9.17) is 11.6 Å². The van der Waals surface area contributed by atoms with Gasteiger partial charge in [-0.3, -0.25) is 0 Å². The standard InChI is InChI=1S/C11H10BrClF4N2O/c12-7-8(5-1-2-5)18-6(19-9(7)13)3-20-4-11(16,17)10(14)15/h5,10H,1-4H2. The Balaban J connectivity index is 2.00. The summed E-state index contributed by atoms with van der Waals surface area (Å²) in [7, 11) is 0. The van der Waals surface area contributed by atoms with E-state index in [0.29, 0.717) is 10.2 Å². The highest BCUT2D eigenvalue weighted by atomic mass is 79.9. The number of hydrogen-bond acceptors (Lipinski definition) is 3. The molecule has 9 heteroatoms. The Morgan fingerprint density at radius 1 is 1.35 bits per heavy atom. The quantitative estimate of drug-likeness (QED) is 0.551. The molecule has 1 aromatic heterocycles. The maximum atomic E-state index is 12.7.